The Morgan fingerprint density at radius 1 is 1.22 bits per heavy atom. The summed E-state index contributed by atoms with van der Waals surface area (Å²) in [5.74, 6) is 0.915. The van der Waals surface area contributed by atoms with E-state index in [0.29, 0.717) is 0 Å². The monoisotopic (exact) mass is 314 g/mol. The van der Waals surface area contributed by atoms with E-state index in [4.69, 9.17) is 10.5 Å². The molecule has 0 aliphatic rings. The van der Waals surface area contributed by atoms with Crippen LogP contribution in [0.15, 0.2) is 4.47 Å². The Kier molecular flexibility index (Phi) is 5.63. The Bertz CT molecular complexity index is 433. The minimum Gasteiger partial charge on any atom is -0.496 e. The maximum absolute atomic E-state index is 6.28. The predicted molar refractivity (Wildman–Crippen MR) is 80.4 cm³/mol. The van der Waals surface area contributed by atoms with Crippen molar-refractivity contribution in [2.45, 2.75) is 33.7 Å². The Morgan fingerprint density at radius 3 is 2.33 bits per heavy atom. The number of likely N-dealkylation sites (N-methyl/N-ethyl adjacent to an activating group) is 1. The summed E-state index contributed by atoms with van der Waals surface area (Å²) in [6, 6.07) is -0.0597. The van der Waals surface area contributed by atoms with Crippen LogP contribution in [0.2, 0.25) is 0 Å². The third-order valence-corrected chi connectivity index (χ3v) is 4.59. The van der Waals surface area contributed by atoms with Gasteiger partial charge < -0.3 is 15.8 Å². The van der Waals surface area contributed by atoms with Crippen molar-refractivity contribution >= 4 is 15.9 Å². The van der Waals surface area contributed by atoms with Crippen LogP contribution in [0, 0.1) is 20.8 Å². The molecule has 0 aromatic heterocycles. The van der Waals surface area contributed by atoms with Gasteiger partial charge in [0, 0.05) is 22.6 Å². The smallest absolute Gasteiger partial charge is 0.127 e. The van der Waals surface area contributed by atoms with Gasteiger partial charge >= 0.3 is 0 Å². The first-order valence-electron chi connectivity index (χ1n) is 6.25. The molecule has 0 heterocycles. The van der Waals surface area contributed by atoms with Crippen LogP contribution in [0.4, 0.5) is 0 Å². The number of nitrogens with one attached hydrogen (secondary N) is 1. The Morgan fingerprint density at radius 2 is 1.83 bits per heavy atom. The van der Waals surface area contributed by atoms with Gasteiger partial charge in [-0.15, -0.1) is 0 Å². The van der Waals surface area contributed by atoms with Crippen molar-refractivity contribution < 1.29 is 4.74 Å². The molecule has 102 valence electrons. The van der Waals surface area contributed by atoms with Crippen LogP contribution in [0.1, 0.15) is 35.2 Å². The highest BCUT2D eigenvalue weighted by atomic mass is 79.9. The standard InChI is InChI=1S/C14H23BrN2O/c1-6-17-7-11(16)12-10(4)13(15)8(2)9(3)14(12)18-5/h11,17H,6-7,16H2,1-5H3. The van der Waals surface area contributed by atoms with Crippen LogP contribution < -0.4 is 15.8 Å². The third-order valence-electron chi connectivity index (χ3n) is 3.40. The average Bonchev–Trinajstić information content (AvgIpc) is 2.37. The van der Waals surface area contributed by atoms with Crippen LogP contribution >= 0.6 is 15.9 Å². The number of ether oxygens (including phenoxy) is 1. The van der Waals surface area contributed by atoms with Crippen molar-refractivity contribution in [2.24, 2.45) is 5.73 Å². The molecule has 4 heteroatoms. The molecule has 1 atom stereocenters. The minimum absolute atomic E-state index is 0.0597. The van der Waals surface area contributed by atoms with E-state index in [9.17, 15) is 0 Å². The maximum atomic E-state index is 6.28. The highest BCUT2D eigenvalue weighted by Gasteiger charge is 2.21. The SMILES string of the molecule is CCNCC(N)c1c(C)c(Br)c(C)c(C)c1OC. The summed E-state index contributed by atoms with van der Waals surface area (Å²) >= 11 is 3.65. The fourth-order valence-electron chi connectivity index (χ4n) is 2.22. The van der Waals surface area contributed by atoms with Gasteiger partial charge in [-0.05, 0) is 44.0 Å². The summed E-state index contributed by atoms with van der Waals surface area (Å²) < 4.78 is 6.69. The summed E-state index contributed by atoms with van der Waals surface area (Å²) in [5, 5.41) is 3.28. The zero-order valence-electron chi connectivity index (χ0n) is 11.9. The van der Waals surface area contributed by atoms with E-state index in [1.807, 2.05) is 0 Å². The van der Waals surface area contributed by atoms with Crippen LogP contribution in [-0.2, 0) is 0 Å². The van der Waals surface area contributed by atoms with Gasteiger partial charge in [-0.3, -0.25) is 0 Å². The van der Waals surface area contributed by atoms with Gasteiger partial charge in [0.15, 0.2) is 0 Å². The summed E-state index contributed by atoms with van der Waals surface area (Å²) in [7, 11) is 1.71. The lowest BCUT2D eigenvalue weighted by atomic mass is 9.94. The minimum atomic E-state index is -0.0597. The Balaban J connectivity index is 3.32. The van der Waals surface area contributed by atoms with Crippen LogP contribution in [0.3, 0.4) is 0 Å². The normalized spacial score (nSPS) is 12.6. The number of halogens is 1. The van der Waals surface area contributed by atoms with Crippen LogP contribution in [-0.4, -0.2) is 20.2 Å². The highest BCUT2D eigenvalue weighted by Crippen LogP contribution is 2.38. The van der Waals surface area contributed by atoms with Crippen molar-refractivity contribution in [1.29, 1.82) is 0 Å². The largest absolute Gasteiger partial charge is 0.496 e. The molecular weight excluding hydrogens is 292 g/mol. The second-order valence-corrected chi connectivity index (χ2v) is 5.34. The molecular formula is C14H23BrN2O. The van der Waals surface area contributed by atoms with E-state index in [1.54, 1.807) is 7.11 Å². The topological polar surface area (TPSA) is 47.3 Å². The molecule has 1 aromatic carbocycles. The van der Waals surface area contributed by atoms with E-state index in [2.05, 4.69) is 48.9 Å². The van der Waals surface area contributed by atoms with Crippen LogP contribution in [0.25, 0.3) is 0 Å². The molecule has 0 fully saturated rings. The summed E-state index contributed by atoms with van der Waals surface area (Å²) in [4.78, 5) is 0. The predicted octanol–water partition coefficient (Wildman–Crippen LogP) is 2.99. The lowest BCUT2D eigenvalue weighted by Gasteiger charge is -2.23. The number of rotatable bonds is 5. The third kappa shape index (κ3) is 2.87. The molecule has 1 aromatic rings. The quantitative estimate of drug-likeness (QED) is 0.878. The van der Waals surface area contributed by atoms with Gasteiger partial charge in [0.25, 0.3) is 0 Å². The zero-order chi connectivity index (χ0) is 13.9. The zero-order valence-corrected chi connectivity index (χ0v) is 13.4. The number of methoxy groups -OCH3 is 1. The maximum Gasteiger partial charge on any atom is 0.127 e. The number of hydrogen-bond acceptors (Lipinski definition) is 3. The van der Waals surface area contributed by atoms with Crippen LogP contribution in [0.5, 0.6) is 5.75 Å². The summed E-state index contributed by atoms with van der Waals surface area (Å²) in [6.07, 6.45) is 0. The fraction of sp³-hybridized carbons (Fsp3) is 0.571. The fourth-order valence-corrected chi connectivity index (χ4v) is 2.73. The Labute approximate surface area is 118 Å². The van der Waals surface area contributed by atoms with E-state index < -0.39 is 0 Å². The molecule has 0 aliphatic carbocycles. The second kappa shape index (κ2) is 6.55. The first-order valence-corrected chi connectivity index (χ1v) is 7.04. The summed E-state index contributed by atoms with van der Waals surface area (Å²) in [5.41, 5.74) is 10.9. The lowest BCUT2D eigenvalue weighted by molar-refractivity contribution is 0.400. The second-order valence-electron chi connectivity index (χ2n) is 4.55. The highest BCUT2D eigenvalue weighted by molar-refractivity contribution is 9.10. The molecule has 3 N–H and O–H groups in total. The molecule has 0 spiro atoms. The molecule has 0 saturated heterocycles. The molecule has 3 nitrogen and oxygen atoms in total. The van der Waals surface area contributed by atoms with Crippen molar-refractivity contribution in [3.63, 3.8) is 0 Å². The number of hydrogen-bond donors (Lipinski definition) is 2. The van der Waals surface area contributed by atoms with Gasteiger partial charge in [0.1, 0.15) is 5.75 Å². The molecule has 0 aliphatic heterocycles. The molecule has 0 bridgehead atoms. The lowest BCUT2D eigenvalue weighted by Crippen LogP contribution is -2.28. The Hall–Kier alpha value is -0.580. The molecule has 0 radical (unpaired) electrons. The first kappa shape index (κ1) is 15.5. The van der Waals surface area contributed by atoms with E-state index in [-0.39, 0.29) is 6.04 Å². The number of benzene rings is 1. The van der Waals surface area contributed by atoms with E-state index >= 15 is 0 Å². The molecule has 1 unspecified atom stereocenters. The van der Waals surface area contributed by atoms with Gasteiger partial charge in [-0.25, -0.2) is 0 Å². The molecule has 0 saturated carbocycles. The van der Waals surface area contributed by atoms with Gasteiger partial charge in [0.2, 0.25) is 0 Å². The van der Waals surface area contributed by atoms with E-state index in [1.165, 1.54) is 11.1 Å². The van der Waals surface area contributed by atoms with E-state index in [0.717, 1.165) is 34.4 Å². The molecule has 0 amide bonds. The molecule has 18 heavy (non-hydrogen) atoms. The average molecular weight is 315 g/mol. The first-order chi connectivity index (χ1) is 8.45. The van der Waals surface area contributed by atoms with Crippen molar-refractivity contribution in [3.8, 4) is 5.75 Å². The number of nitrogens with two attached hydrogens (primary N) is 1. The van der Waals surface area contributed by atoms with Gasteiger partial charge in [-0.2, -0.15) is 0 Å². The van der Waals surface area contributed by atoms with Crippen molar-refractivity contribution in [2.75, 3.05) is 20.2 Å². The van der Waals surface area contributed by atoms with Crippen molar-refractivity contribution in [3.05, 3.63) is 26.7 Å². The van der Waals surface area contributed by atoms with Gasteiger partial charge in [0.05, 0.1) is 7.11 Å². The van der Waals surface area contributed by atoms with Crippen molar-refractivity contribution in [1.82, 2.24) is 5.32 Å². The van der Waals surface area contributed by atoms with Gasteiger partial charge in [-0.1, -0.05) is 22.9 Å². The summed E-state index contributed by atoms with van der Waals surface area (Å²) in [6.45, 7) is 9.99. The molecule has 1 rings (SSSR count).